The number of halogens is 1. The summed E-state index contributed by atoms with van der Waals surface area (Å²) in [4.78, 5) is 4.19. The van der Waals surface area contributed by atoms with Gasteiger partial charge in [-0.25, -0.2) is 4.98 Å². The van der Waals surface area contributed by atoms with Gasteiger partial charge in [0.2, 0.25) is 3.83 Å². The third kappa shape index (κ3) is 1.30. The highest BCUT2D eigenvalue weighted by molar-refractivity contribution is 14.1. The lowest BCUT2D eigenvalue weighted by Gasteiger charge is -1.92. The van der Waals surface area contributed by atoms with Crippen molar-refractivity contribution in [3.63, 3.8) is 0 Å². The summed E-state index contributed by atoms with van der Waals surface area (Å²) < 4.78 is 0.682. The maximum atomic E-state index is 4.19. The zero-order chi connectivity index (χ0) is 7.68. The Bertz CT molecular complexity index is 388. The van der Waals surface area contributed by atoms with E-state index in [1.807, 2.05) is 46.9 Å². The van der Waals surface area contributed by atoms with Crippen molar-refractivity contribution in [1.29, 1.82) is 0 Å². The molecule has 1 aromatic heterocycles. The van der Waals surface area contributed by atoms with Crippen LogP contribution < -0.4 is 0 Å². The zero-order valence-corrected chi connectivity index (χ0v) is 7.69. The lowest BCUT2D eigenvalue weighted by Crippen LogP contribution is -1.91. The minimum absolute atomic E-state index is 0.682. The Hall–Kier alpha value is -0.780. The summed E-state index contributed by atoms with van der Waals surface area (Å²) in [7, 11) is 0. The number of hydrogen-bond donors (Lipinski definition) is 0. The van der Waals surface area contributed by atoms with E-state index in [4.69, 9.17) is 0 Å². The van der Waals surface area contributed by atoms with Crippen molar-refractivity contribution < 1.29 is 0 Å². The highest BCUT2D eigenvalue weighted by Crippen LogP contribution is 2.06. The maximum absolute atomic E-state index is 4.19. The van der Waals surface area contributed by atoms with Crippen LogP contribution in [0.25, 0.3) is 11.0 Å². The molecule has 54 valence electrons. The van der Waals surface area contributed by atoms with Gasteiger partial charge in [0.05, 0.1) is 5.52 Å². The molecule has 0 N–H and O–H groups in total. The van der Waals surface area contributed by atoms with Crippen LogP contribution in [0.4, 0.5) is 0 Å². The van der Waals surface area contributed by atoms with Gasteiger partial charge >= 0.3 is 0 Å². The van der Waals surface area contributed by atoms with Crippen LogP contribution in [0.1, 0.15) is 0 Å². The molecule has 0 unspecified atom stereocenters. The summed E-state index contributed by atoms with van der Waals surface area (Å²) in [5, 5.41) is 7.79. The molecule has 0 fully saturated rings. The molecule has 0 spiro atoms. The minimum Gasteiger partial charge on any atom is -0.220 e. The van der Waals surface area contributed by atoms with Crippen molar-refractivity contribution >= 4 is 33.6 Å². The largest absolute Gasteiger partial charge is 0.220 e. The fourth-order valence-corrected chi connectivity index (χ4v) is 1.23. The minimum atomic E-state index is 0.682. The van der Waals surface area contributed by atoms with E-state index >= 15 is 0 Å². The van der Waals surface area contributed by atoms with Gasteiger partial charge in [-0.15, -0.1) is 10.2 Å². The van der Waals surface area contributed by atoms with Gasteiger partial charge in [0.1, 0.15) is 5.52 Å². The second-order valence-electron chi connectivity index (χ2n) is 2.07. The van der Waals surface area contributed by atoms with Gasteiger partial charge in [-0.05, 0) is 12.1 Å². The van der Waals surface area contributed by atoms with E-state index in [9.17, 15) is 0 Å². The average Bonchev–Trinajstić information content (AvgIpc) is 2.04. The quantitative estimate of drug-likeness (QED) is 0.673. The first-order valence-electron chi connectivity index (χ1n) is 3.11. The molecule has 4 heteroatoms. The van der Waals surface area contributed by atoms with Crippen LogP contribution in [0.2, 0.25) is 0 Å². The molecule has 0 aliphatic carbocycles. The fourth-order valence-electron chi connectivity index (χ4n) is 0.860. The van der Waals surface area contributed by atoms with Crippen LogP contribution in [0.3, 0.4) is 0 Å². The maximum Gasteiger partial charge on any atom is 0.212 e. The standard InChI is InChI=1S/C7H4IN3/c8-7-9-5-3-1-2-4-6(5)10-11-7/h1-4H. The summed E-state index contributed by atoms with van der Waals surface area (Å²) in [5.41, 5.74) is 1.74. The molecular weight excluding hydrogens is 253 g/mol. The Morgan fingerprint density at radius 2 is 1.73 bits per heavy atom. The van der Waals surface area contributed by atoms with Gasteiger partial charge < -0.3 is 0 Å². The molecule has 11 heavy (non-hydrogen) atoms. The van der Waals surface area contributed by atoms with Crippen LogP contribution in [-0.2, 0) is 0 Å². The number of aromatic nitrogens is 3. The third-order valence-corrected chi connectivity index (χ3v) is 1.79. The molecule has 1 heterocycles. The first-order chi connectivity index (χ1) is 5.36. The Labute approximate surface area is 77.0 Å². The first kappa shape index (κ1) is 6.90. The van der Waals surface area contributed by atoms with Crippen molar-refractivity contribution in [3.05, 3.63) is 28.1 Å². The van der Waals surface area contributed by atoms with Gasteiger partial charge in [-0.2, -0.15) is 0 Å². The number of para-hydroxylation sites is 1. The van der Waals surface area contributed by atoms with E-state index in [1.165, 1.54) is 0 Å². The molecule has 2 aromatic rings. The zero-order valence-electron chi connectivity index (χ0n) is 5.53. The van der Waals surface area contributed by atoms with Crippen molar-refractivity contribution in [1.82, 2.24) is 15.2 Å². The van der Waals surface area contributed by atoms with Crippen LogP contribution in [0.5, 0.6) is 0 Å². The van der Waals surface area contributed by atoms with Gasteiger partial charge in [0.25, 0.3) is 0 Å². The van der Waals surface area contributed by atoms with E-state index in [0.717, 1.165) is 11.0 Å². The Kier molecular flexibility index (Phi) is 1.69. The van der Waals surface area contributed by atoms with Crippen molar-refractivity contribution in [2.75, 3.05) is 0 Å². The Morgan fingerprint density at radius 1 is 1.00 bits per heavy atom. The fraction of sp³-hybridized carbons (Fsp3) is 0. The van der Waals surface area contributed by atoms with Crippen LogP contribution in [-0.4, -0.2) is 15.2 Å². The summed E-state index contributed by atoms with van der Waals surface area (Å²) in [5.74, 6) is 0. The molecule has 0 saturated heterocycles. The molecule has 0 amide bonds. The van der Waals surface area contributed by atoms with E-state index in [2.05, 4.69) is 15.2 Å². The summed E-state index contributed by atoms with van der Waals surface area (Å²) in [6.45, 7) is 0. The lowest BCUT2D eigenvalue weighted by atomic mass is 10.3. The molecule has 0 radical (unpaired) electrons. The predicted octanol–water partition coefficient (Wildman–Crippen LogP) is 1.63. The molecule has 0 aliphatic heterocycles. The van der Waals surface area contributed by atoms with Crippen LogP contribution in [0.15, 0.2) is 24.3 Å². The number of hydrogen-bond acceptors (Lipinski definition) is 3. The Morgan fingerprint density at radius 3 is 2.55 bits per heavy atom. The topological polar surface area (TPSA) is 38.7 Å². The molecule has 3 nitrogen and oxygen atoms in total. The van der Waals surface area contributed by atoms with Crippen molar-refractivity contribution in [3.8, 4) is 0 Å². The number of rotatable bonds is 0. The SMILES string of the molecule is Ic1nnc2ccccc2n1. The smallest absolute Gasteiger partial charge is 0.212 e. The van der Waals surface area contributed by atoms with E-state index < -0.39 is 0 Å². The molecule has 0 atom stereocenters. The van der Waals surface area contributed by atoms with E-state index in [0.29, 0.717) is 3.83 Å². The van der Waals surface area contributed by atoms with Crippen LogP contribution in [0, 0.1) is 3.83 Å². The third-order valence-electron chi connectivity index (χ3n) is 1.33. The number of nitrogens with zero attached hydrogens (tertiary/aromatic N) is 3. The van der Waals surface area contributed by atoms with E-state index in [-0.39, 0.29) is 0 Å². The molecule has 2 rings (SSSR count). The molecule has 0 aliphatic rings. The first-order valence-corrected chi connectivity index (χ1v) is 4.19. The highest BCUT2D eigenvalue weighted by Gasteiger charge is 1.95. The summed E-state index contributed by atoms with van der Waals surface area (Å²) >= 11 is 2.04. The average molecular weight is 257 g/mol. The van der Waals surface area contributed by atoms with Gasteiger partial charge in [-0.1, -0.05) is 12.1 Å². The van der Waals surface area contributed by atoms with Crippen LogP contribution >= 0.6 is 22.6 Å². The van der Waals surface area contributed by atoms with Gasteiger partial charge in [0, 0.05) is 22.6 Å². The summed E-state index contributed by atoms with van der Waals surface area (Å²) in [6.07, 6.45) is 0. The number of benzene rings is 1. The molecule has 1 aromatic carbocycles. The molecule has 0 saturated carbocycles. The monoisotopic (exact) mass is 257 g/mol. The normalized spacial score (nSPS) is 10.3. The summed E-state index contributed by atoms with van der Waals surface area (Å²) in [6, 6.07) is 7.68. The highest BCUT2D eigenvalue weighted by atomic mass is 127. The van der Waals surface area contributed by atoms with Gasteiger partial charge in [-0.3, -0.25) is 0 Å². The predicted molar refractivity (Wildman–Crippen MR) is 50.1 cm³/mol. The van der Waals surface area contributed by atoms with E-state index in [1.54, 1.807) is 0 Å². The Balaban J connectivity index is 2.83. The second-order valence-corrected chi connectivity index (χ2v) is 3.03. The molecular formula is C7H4IN3. The van der Waals surface area contributed by atoms with Crippen molar-refractivity contribution in [2.45, 2.75) is 0 Å². The lowest BCUT2D eigenvalue weighted by molar-refractivity contribution is 0.981. The van der Waals surface area contributed by atoms with Gasteiger partial charge in [0.15, 0.2) is 0 Å². The number of fused-ring (bicyclic) bond motifs is 1. The van der Waals surface area contributed by atoms with Crippen molar-refractivity contribution in [2.24, 2.45) is 0 Å². The molecule has 0 bridgehead atoms. The second kappa shape index (κ2) is 2.69.